The van der Waals surface area contributed by atoms with Crippen molar-refractivity contribution in [3.8, 4) is 0 Å². The second kappa shape index (κ2) is 6.92. The van der Waals surface area contributed by atoms with Crippen molar-refractivity contribution in [3.63, 3.8) is 0 Å². The van der Waals surface area contributed by atoms with E-state index >= 15 is 0 Å². The third-order valence-corrected chi connectivity index (χ3v) is 4.31. The average molecular weight is 284 g/mol. The maximum absolute atomic E-state index is 12.1. The predicted molar refractivity (Wildman–Crippen MR) is 73.5 cm³/mol. The second-order valence-electron chi connectivity index (χ2n) is 5.92. The highest BCUT2D eigenvalue weighted by atomic mass is 16.5. The van der Waals surface area contributed by atoms with E-state index in [-0.39, 0.29) is 19.2 Å². The number of amides is 2. The number of hydrogen-bond acceptors (Lipinski definition) is 3. The van der Waals surface area contributed by atoms with E-state index in [1.54, 1.807) is 11.9 Å². The fourth-order valence-electron chi connectivity index (χ4n) is 3.05. The van der Waals surface area contributed by atoms with Gasteiger partial charge < -0.3 is 20.1 Å². The summed E-state index contributed by atoms with van der Waals surface area (Å²) >= 11 is 0. The van der Waals surface area contributed by atoms with Crippen LogP contribution in [0.25, 0.3) is 0 Å². The van der Waals surface area contributed by atoms with Crippen molar-refractivity contribution in [2.24, 2.45) is 11.8 Å². The standard InChI is InChI=1S/C14H24N2O4/c1-16(7-10-5-3-2-4-6-10)14(19)15-12-9-20-8-11(12)13(17)18/h10-12H,2-9H2,1H3,(H,15,19)(H,17,18). The van der Waals surface area contributed by atoms with Crippen molar-refractivity contribution in [2.75, 3.05) is 26.8 Å². The van der Waals surface area contributed by atoms with Crippen molar-refractivity contribution in [2.45, 2.75) is 38.1 Å². The molecule has 1 saturated heterocycles. The van der Waals surface area contributed by atoms with Crippen LogP contribution in [0.1, 0.15) is 32.1 Å². The lowest BCUT2D eigenvalue weighted by molar-refractivity contribution is -0.142. The zero-order valence-electron chi connectivity index (χ0n) is 12.0. The molecule has 2 unspecified atom stereocenters. The maximum Gasteiger partial charge on any atom is 0.317 e. The predicted octanol–water partition coefficient (Wildman–Crippen LogP) is 1.31. The van der Waals surface area contributed by atoms with E-state index in [9.17, 15) is 9.59 Å². The van der Waals surface area contributed by atoms with Gasteiger partial charge in [0.25, 0.3) is 0 Å². The number of aliphatic carboxylic acids is 1. The van der Waals surface area contributed by atoms with E-state index in [2.05, 4.69) is 5.32 Å². The molecular weight excluding hydrogens is 260 g/mol. The molecule has 6 nitrogen and oxygen atoms in total. The van der Waals surface area contributed by atoms with Crippen molar-refractivity contribution in [1.82, 2.24) is 10.2 Å². The smallest absolute Gasteiger partial charge is 0.317 e. The highest BCUT2D eigenvalue weighted by Crippen LogP contribution is 2.24. The van der Waals surface area contributed by atoms with Gasteiger partial charge in [0.1, 0.15) is 5.92 Å². The lowest BCUT2D eigenvalue weighted by atomic mass is 9.89. The molecule has 2 rings (SSSR count). The number of carbonyl (C=O) groups excluding carboxylic acids is 1. The van der Waals surface area contributed by atoms with Gasteiger partial charge in [-0.3, -0.25) is 4.79 Å². The molecule has 2 fully saturated rings. The molecule has 114 valence electrons. The lowest BCUT2D eigenvalue weighted by Crippen LogP contribution is -2.48. The Bertz CT molecular complexity index is 355. The molecule has 0 radical (unpaired) electrons. The van der Waals surface area contributed by atoms with Crippen LogP contribution in [-0.2, 0) is 9.53 Å². The van der Waals surface area contributed by atoms with E-state index in [0.29, 0.717) is 5.92 Å². The van der Waals surface area contributed by atoms with Gasteiger partial charge in [0.2, 0.25) is 0 Å². The molecule has 2 aliphatic rings. The van der Waals surface area contributed by atoms with Gasteiger partial charge in [0.05, 0.1) is 19.3 Å². The summed E-state index contributed by atoms with van der Waals surface area (Å²) in [5.41, 5.74) is 0. The first-order valence-electron chi connectivity index (χ1n) is 7.40. The topological polar surface area (TPSA) is 78.9 Å². The molecule has 1 aliphatic heterocycles. The maximum atomic E-state index is 12.1. The Morgan fingerprint density at radius 2 is 1.95 bits per heavy atom. The summed E-state index contributed by atoms with van der Waals surface area (Å²) in [6.07, 6.45) is 6.16. The third kappa shape index (κ3) is 3.85. The first kappa shape index (κ1) is 15.1. The van der Waals surface area contributed by atoms with Crippen LogP contribution < -0.4 is 5.32 Å². The molecule has 0 aromatic heterocycles. The number of ether oxygens (including phenoxy) is 1. The molecule has 2 amide bonds. The van der Waals surface area contributed by atoms with E-state index in [0.717, 1.165) is 6.54 Å². The molecule has 2 atom stereocenters. The molecule has 1 heterocycles. The second-order valence-corrected chi connectivity index (χ2v) is 5.92. The number of rotatable bonds is 4. The number of urea groups is 1. The van der Waals surface area contributed by atoms with Crippen LogP contribution in [0.3, 0.4) is 0 Å². The zero-order valence-corrected chi connectivity index (χ0v) is 12.0. The van der Waals surface area contributed by atoms with E-state index in [1.165, 1.54) is 32.1 Å². The molecule has 20 heavy (non-hydrogen) atoms. The normalized spacial score (nSPS) is 27.2. The highest BCUT2D eigenvalue weighted by Gasteiger charge is 2.35. The zero-order chi connectivity index (χ0) is 14.5. The Hall–Kier alpha value is -1.30. The van der Waals surface area contributed by atoms with Crippen molar-refractivity contribution >= 4 is 12.0 Å². The molecule has 0 spiro atoms. The van der Waals surface area contributed by atoms with Crippen LogP contribution in [0.15, 0.2) is 0 Å². The van der Waals surface area contributed by atoms with E-state index in [4.69, 9.17) is 9.84 Å². The summed E-state index contributed by atoms with van der Waals surface area (Å²) in [7, 11) is 1.77. The third-order valence-electron chi connectivity index (χ3n) is 4.31. The van der Waals surface area contributed by atoms with Crippen molar-refractivity contribution in [3.05, 3.63) is 0 Å². The minimum Gasteiger partial charge on any atom is -0.481 e. The summed E-state index contributed by atoms with van der Waals surface area (Å²) in [4.78, 5) is 24.8. The van der Waals surface area contributed by atoms with Gasteiger partial charge in [-0.1, -0.05) is 19.3 Å². The fraction of sp³-hybridized carbons (Fsp3) is 0.857. The average Bonchev–Trinajstić information content (AvgIpc) is 2.88. The van der Waals surface area contributed by atoms with Gasteiger partial charge in [0.15, 0.2) is 0 Å². The largest absolute Gasteiger partial charge is 0.481 e. The minimum atomic E-state index is -0.914. The quantitative estimate of drug-likeness (QED) is 0.816. The van der Waals surface area contributed by atoms with Crippen LogP contribution in [0.5, 0.6) is 0 Å². The van der Waals surface area contributed by atoms with Crippen molar-refractivity contribution < 1.29 is 19.4 Å². The van der Waals surface area contributed by atoms with Crippen molar-refractivity contribution in [1.29, 1.82) is 0 Å². The fourth-order valence-corrected chi connectivity index (χ4v) is 3.05. The summed E-state index contributed by atoms with van der Waals surface area (Å²) in [5, 5.41) is 11.8. The van der Waals surface area contributed by atoms with Gasteiger partial charge in [-0.05, 0) is 18.8 Å². The molecule has 0 aromatic carbocycles. The molecule has 1 saturated carbocycles. The SMILES string of the molecule is CN(CC1CCCCC1)C(=O)NC1COCC1C(=O)O. The van der Waals surface area contributed by atoms with E-state index < -0.39 is 17.9 Å². The summed E-state index contributed by atoms with van der Waals surface area (Å²) in [5.74, 6) is -0.973. The van der Waals surface area contributed by atoms with Gasteiger partial charge >= 0.3 is 12.0 Å². The first-order chi connectivity index (χ1) is 9.58. The first-order valence-corrected chi connectivity index (χ1v) is 7.40. The number of carbonyl (C=O) groups is 2. The summed E-state index contributed by atoms with van der Waals surface area (Å²) in [6, 6.07) is -0.619. The van der Waals surface area contributed by atoms with Gasteiger partial charge in [0, 0.05) is 13.6 Å². The molecular formula is C14H24N2O4. The molecule has 2 N–H and O–H groups in total. The summed E-state index contributed by atoms with van der Waals surface area (Å²) < 4.78 is 5.15. The van der Waals surface area contributed by atoms with Crippen LogP contribution in [-0.4, -0.2) is 54.9 Å². The number of carboxylic acids is 1. The number of nitrogens with one attached hydrogen (secondary N) is 1. The Morgan fingerprint density at radius 1 is 1.25 bits per heavy atom. The van der Waals surface area contributed by atoms with Gasteiger partial charge in [-0.15, -0.1) is 0 Å². The van der Waals surface area contributed by atoms with Gasteiger partial charge in [-0.2, -0.15) is 0 Å². The Labute approximate surface area is 119 Å². The number of hydrogen-bond donors (Lipinski definition) is 2. The Balaban J connectivity index is 1.79. The van der Waals surface area contributed by atoms with E-state index in [1.807, 2.05) is 0 Å². The van der Waals surface area contributed by atoms with Crippen LogP contribution in [0.4, 0.5) is 4.79 Å². The van der Waals surface area contributed by atoms with Crippen LogP contribution >= 0.6 is 0 Å². The van der Waals surface area contributed by atoms with Crippen LogP contribution in [0.2, 0.25) is 0 Å². The number of carboxylic acid groups (broad SMARTS) is 1. The minimum absolute atomic E-state index is 0.173. The summed E-state index contributed by atoms with van der Waals surface area (Å²) in [6.45, 7) is 1.20. The monoisotopic (exact) mass is 284 g/mol. The highest BCUT2D eigenvalue weighted by molar-refractivity contribution is 5.77. The lowest BCUT2D eigenvalue weighted by Gasteiger charge is -2.28. The Kier molecular flexibility index (Phi) is 5.23. The molecule has 1 aliphatic carbocycles. The molecule has 6 heteroatoms. The number of nitrogens with zero attached hydrogens (tertiary/aromatic N) is 1. The van der Waals surface area contributed by atoms with Gasteiger partial charge in [-0.25, -0.2) is 4.79 Å². The molecule has 0 aromatic rings. The van der Waals surface area contributed by atoms with Crippen LogP contribution in [0, 0.1) is 11.8 Å². The Morgan fingerprint density at radius 3 is 2.60 bits per heavy atom. The molecule has 0 bridgehead atoms.